The molecule has 5 nitrogen and oxygen atoms in total. The van der Waals surface area contributed by atoms with Gasteiger partial charge in [0, 0.05) is 9.83 Å². The predicted molar refractivity (Wildman–Crippen MR) is 101 cm³/mol. The Labute approximate surface area is 155 Å². The van der Waals surface area contributed by atoms with Crippen LogP contribution >= 0.6 is 22.6 Å². The summed E-state index contributed by atoms with van der Waals surface area (Å²) in [6, 6.07) is 13.6. The summed E-state index contributed by atoms with van der Waals surface area (Å²) in [5.41, 5.74) is 0.824. The molecule has 1 N–H and O–H groups in total. The average Bonchev–Trinajstić information content (AvgIpc) is 2.53. The Bertz CT molecular complexity index is 801. The summed E-state index contributed by atoms with van der Waals surface area (Å²) in [7, 11) is -3.22. The van der Waals surface area contributed by atoms with Gasteiger partial charge in [0.1, 0.15) is 5.75 Å². The Kier molecular flexibility index (Phi) is 6.22. The zero-order chi connectivity index (χ0) is 17.7. The van der Waals surface area contributed by atoms with E-state index in [4.69, 9.17) is 4.74 Å². The maximum Gasteiger partial charge on any atom is 0.258 e. The molecule has 0 heterocycles. The van der Waals surface area contributed by atoms with Gasteiger partial charge in [-0.1, -0.05) is 12.1 Å². The van der Waals surface area contributed by atoms with Crippen LogP contribution in [0, 0.1) is 3.57 Å². The Hall–Kier alpha value is -1.61. The van der Waals surface area contributed by atoms with Crippen LogP contribution in [-0.4, -0.2) is 27.2 Å². The molecule has 0 bridgehead atoms. The van der Waals surface area contributed by atoms with E-state index in [9.17, 15) is 13.2 Å². The Morgan fingerprint density at radius 1 is 1.12 bits per heavy atom. The Morgan fingerprint density at radius 3 is 2.25 bits per heavy atom. The molecule has 7 heteroatoms. The minimum absolute atomic E-state index is 0.0770. The zero-order valence-electron chi connectivity index (χ0n) is 13.3. The van der Waals surface area contributed by atoms with Crippen molar-refractivity contribution in [2.75, 3.05) is 12.9 Å². The molecule has 0 aliphatic carbocycles. The van der Waals surface area contributed by atoms with Gasteiger partial charge in [0.15, 0.2) is 16.4 Å². The SMILES string of the molecule is CC(NC(=O)COc1ccc(I)cc1)c1ccc(S(C)(=O)=O)cc1. The summed E-state index contributed by atoms with van der Waals surface area (Å²) in [6.45, 7) is 1.75. The summed E-state index contributed by atoms with van der Waals surface area (Å²) in [4.78, 5) is 12.2. The van der Waals surface area contributed by atoms with Crippen molar-refractivity contribution in [1.82, 2.24) is 5.32 Å². The maximum atomic E-state index is 12.0. The van der Waals surface area contributed by atoms with Crippen molar-refractivity contribution >= 4 is 38.3 Å². The number of benzene rings is 2. The second kappa shape index (κ2) is 7.98. The van der Waals surface area contributed by atoms with Crippen molar-refractivity contribution in [3.63, 3.8) is 0 Å². The van der Waals surface area contributed by atoms with Crippen LogP contribution in [0.5, 0.6) is 5.75 Å². The van der Waals surface area contributed by atoms with E-state index >= 15 is 0 Å². The standard InChI is InChI=1S/C17H18INO4S/c1-12(13-3-9-16(10-4-13)24(2,21)22)19-17(20)11-23-15-7-5-14(18)6-8-15/h3-10,12H,11H2,1-2H3,(H,19,20). The van der Waals surface area contributed by atoms with E-state index in [1.165, 1.54) is 12.1 Å². The highest BCUT2D eigenvalue weighted by atomic mass is 127. The van der Waals surface area contributed by atoms with Crippen LogP contribution in [0.3, 0.4) is 0 Å². The molecule has 24 heavy (non-hydrogen) atoms. The fourth-order valence-electron chi connectivity index (χ4n) is 2.05. The van der Waals surface area contributed by atoms with Crippen LogP contribution in [0.15, 0.2) is 53.4 Å². The number of hydrogen-bond donors (Lipinski definition) is 1. The molecule has 1 unspecified atom stereocenters. The van der Waals surface area contributed by atoms with Crippen molar-refractivity contribution < 1.29 is 17.9 Å². The molecule has 0 aliphatic rings. The van der Waals surface area contributed by atoms with Crippen LogP contribution in [0.1, 0.15) is 18.5 Å². The molecule has 1 atom stereocenters. The molecule has 0 aliphatic heterocycles. The van der Waals surface area contributed by atoms with Crippen molar-refractivity contribution in [3.05, 3.63) is 57.7 Å². The molecule has 0 fully saturated rings. The topological polar surface area (TPSA) is 72.5 Å². The van der Waals surface area contributed by atoms with E-state index < -0.39 is 9.84 Å². The third-order valence-corrected chi connectivity index (χ3v) is 5.22. The highest BCUT2D eigenvalue weighted by Crippen LogP contribution is 2.17. The first-order chi connectivity index (χ1) is 11.3. The van der Waals surface area contributed by atoms with Gasteiger partial charge in [-0.25, -0.2) is 8.42 Å². The number of carbonyl (C=O) groups excluding carboxylic acids is 1. The predicted octanol–water partition coefficient (Wildman–Crippen LogP) is 2.95. The molecular formula is C17H18INO4S. The number of ether oxygens (including phenoxy) is 1. The maximum absolute atomic E-state index is 12.0. The number of halogens is 1. The van der Waals surface area contributed by atoms with Crippen molar-refractivity contribution in [2.24, 2.45) is 0 Å². The van der Waals surface area contributed by atoms with Gasteiger partial charge >= 0.3 is 0 Å². The smallest absolute Gasteiger partial charge is 0.258 e. The van der Waals surface area contributed by atoms with E-state index in [0.717, 1.165) is 15.4 Å². The lowest BCUT2D eigenvalue weighted by Gasteiger charge is -2.15. The minimum atomic E-state index is -3.22. The van der Waals surface area contributed by atoms with Gasteiger partial charge in [-0.05, 0) is 71.5 Å². The fourth-order valence-corrected chi connectivity index (χ4v) is 3.04. The summed E-state index contributed by atoms with van der Waals surface area (Å²) in [6.07, 6.45) is 1.16. The van der Waals surface area contributed by atoms with Gasteiger partial charge in [-0.15, -0.1) is 0 Å². The molecule has 0 radical (unpaired) electrons. The molecule has 0 saturated carbocycles. The van der Waals surface area contributed by atoms with Crippen LogP contribution < -0.4 is 10.1 Å². The number of carbonyl (C=O) groups is 1. The normalized spacial score (nSPS) is 12.5. The van der Waals surface area contributed by atoms with Crippen molar-refractivity contribution in [1.29, 1.82) is 0 Å². The monoisotopic (exact) mass is 459 g/mol. The number of sulfone groups is 1. The van der Waals surface area contributed by atoms with E-state index in [-0.39, 0.29) is 23.5 Å². The molecular weight excluding hydrogens is 441 g/mol. The molecule has 0 spiro atoms. The van der Waals surface area contributed by atoms with Gasteiger partial charge < -0.3 is 10.1 Å². The first-order valence-electron chi connectivity index (χ1n) is 7.23. The van der Waals surface area contributed by atoms with Gasteiger partial charge in [0.05, 0.1) is 10.9 Å². The summed E-state index contributed by atoms with van der Waals surface area (Å²) in [5, 5.41) is 2.82. The molecule has 128 valence electrons. The molecule has 1 amide bonds. The van der Waals surface area contributed by atoms with Crippen LogP contribution in [0.4, 0.5) is 0 Å². The second-order valence-corrected chi connectivity index (χ2v) is 8.63. The third-order valence-electron chi connectivity index (χ3n) is 3.37. The highest BCUT2D eigenvalue weighted by Gasteiger charge is 2.12. The lowest BCUT2D eigenvalue weighted by atomic mass is 10.1. The van der Waals surface area contributed by atoms with Gasteiger partial charge in [-0.2, -0.15) is 0 Å². The first kappa shape index (κ1) is 18.7. The Balaban J connectivity index is 1.90. The molecule has 2 aromatic carbocycles. The fraction of sp³-hybridized carbons (Fsp3) is 0.235. The summed E-state index contributed by atoms with van der Waals surface area (Å²) < 4.78 is 29.4. The largest absolute Gasteiger partial charge is 0.484 e. The van der Waals surface area contributed by atoms with Gasteiger partial charge in [-0.3, -0.25) is 4.79 Å². The highest BCUT2D eigenvalue weighted by molar-refractivity contribution is 14.1. The van der Waals surface area contributed by atoms with E-state index in [1.807, 2.05) is 31.2 Å². The van der Waals surface area contributed by atoms with Gasteiger partial charge in [0.25, 0.3) is 5.91 Å². The van der Waals surface area contributed by atoms with Crippen molar-refractivity contribution in [3.8, 4) is 5.75 Å². The Morgan fingerprint density at radius 2 is 1.71 bits per heavy atom. The van der Waals surface area contributed by atoms with E-state index in [0.29, 0.717) is 5.75 Å². The average molecular weight is 459 g/mol. The summed E-state index contributed by atoms with van der Waals surface area (Å²) in [5.74, 6) is 0.393. The van der Waals surface area contributed by atoms with E-state index in [1.54, 1.807) is 12.1 Å². The minimum Gasteiger partial charge on any atom is -0.484 e. The van der Waals surface area contributed by atoms with Crippen LogP contribution in [0.25, 0.3) is 0 Å². The third kappa shape index (κ3) is 5.48. The molecule has 2 aromatic rings. The molecule has 0 saturated heterocycles. The van der Waals surface area contributed by atoms with E-state index in [2.05, 4.69) is 27.9 Å². The lowest BCUT2D eigenvalue weighted by Crippen LogP contribution is -2.31. The number of amides is 1. The second-order valence-electron chi connectivity index (χ2n) is 5.37. The molecule has 0 aromatic heterocycles. The van der Waals surface area contributed by atoms with Gasteiger partial charge in [0.2, 0.25) is 0 Å². The summed E-state index contributed by atoms with van der Waals surface area (Å²) >= 11 is 2.20. The number of nitrogens with one attached hydrogen (secondary N) is 1. The first-order valence-corrected chi connectivity index (χ1v) is 10.2. The quantitative estimate of drug-likeness (QED) is 0.675. The zero-order valence-corrected chi connectivity index (χ0v) is 16.3. The number of hydrogen-bond acceptors (Lipinski definition) is 4. The number of rotatable bonds is 6. The van der Waals surface area contributed by atoms with Crippen LogP contribution in [0.2, 0.25) is 0 Å². The van der Waals surface area contributed by atoms with Crippen molar-refractivity contribution in [2.45, 2.75) is 17.9 Å². The lowest BCUT2D eigenvalue weighted by molar-refractivity contribution is -0.123. The molecule has 2 rings (SSSR count). The van der Waals surface area contributed by atoms with Crippen LogP contribution in [-0.2, 0) is 14.6 Å².